The van der Waals surface area contributed by atoms with Crippen molar-refractivity contribution in [2.45, 2.75) is 6.92 Å². The van der Waals surface area contributed by atoms with Crippen molar-refractivity contribution in [3.63, 3.8) is 0 Å². The molecule has 0 aliphatic carbocycles. The Hall–Kier alpha value is -3.84. The van der Waals surface area contributed by atoms with Crippen LogP contribution >= 0.6 is 0 Å². The van der Waals surface area contributed by atoms with Crippen LogP contribution in [0.3, 0.4) is 0 Å². The second-order valence-corrected chi connectivity index (χ2v) is 8.65. The number of halogens is 1. The minimum absolute atomic E-state index is 0.0532. The zero-order chi connectivity index (χ0) is 23.7. The third-order valence-electron chi connectivity index (χ3n) is 6.41. The van der Waals surface area contributed by atoms with Gasteiger partial charge in [-0.1, -0.05) is 30.3 Å². The number of nitrogens with zero attached hydrogens (tertiary/aromatic N) is 3. The molecular formula is C27H25FN4O2. The highest BCUT2D eigenvalue weighted by Gasteiger charge is 2.26. The van der Waals surface area contributed by atoms with Crippen LogP contribution in [0.4, 0.5) is 4.39 Å². The van der Waals surface area contributed by atoms with Gasteiger partial charge in [-0.2, -0.15) is 5.10 Å². The van der Waals surface area contributed by atoms with Gasteiger partial charge in [0.1, 0.15) is 5.82 Å². The van der Waals surface area contributed by atoms with E-state index in [1.165, 1.54) is 29.8 Å². The Morgan fingerprint density at radius 1 is 0.971 bits per heavy atom. The number of aromatic amines is 1. The maximum atomic E-state index is 13.2. The van der Waals surface area contributed by atoms with Gasteiger partial charge in [-0.25, -0.2) is 4.39 Å². The normalized spacial score (nSPS) is 14.5. The molecule has 1 amide bonds. The van der Waals surface area contributed by atoms with Gasteiger partial charge in [0, 0.05) is 37.1 Å². The first-order valence-electron chi connectivity index (χ1n) is 11.3. The molecule has 1 aromatic heterocycles. The summed E-state index contributed by atoms with van der Waals surface area (Å²) in [5.74, 6) is -0.525. The number of nitrogens with one attached hydrogen (secondary N) is 1. The molecule has 1 saturated heterocycles. The number of benzene rings is 3. The Bertz CT molecular complexity index is 1350. The quantitative estimate of drug-likeness (QED) is 0.454. The fourth-order valence-electron chi connectivity index (χ4n) is 4.44. The molecule has 3 aromatic carbocycles. The largest absolute Gasteiger partial charge is 0.335 e. The summed E-state index contributed by atoms with van der Waals surface area (Å²) in [6, 6.07) is 19.8. The lowest BCUT2D eigenvalue weighted by Gasteiger charge is -2.34. The van der Waals surface area contributed by atoms with Crippen LogP contribution in [-0.4, -0.2) is 64.4 Å². The summed E-state index contributed by atoms with van der Waals surface area (Å²) in [5.41, 5.74) is 5.15. The molecule has 7 heteroatoms. The molecule has 0 spiro atoms. The number of H-pyrrole nitrogens is 1. The Labute approximate surface area is 197 Å². The highest BCUT2D eigenvalue weighted by Crippen LogP contribution is 2.28. The van der Waals surface area contributed by atoms with E-state index in [9.17, 15) is 14.0 Å². The van der Waals surface area contributed by atoms with E-state index in [1.807, 2.05) is 35.2 Å². The van der Waals surface area contributed by atoms with E-state index in [-0.39, 0.29) is 24.1 Å². The van der Waals surface area contributed by atoms with E-state index >= 15 is 0 Å². The zero-order valence-corrected chi connectivity index (χ0v) is 18.9. The number of aromatic nitrogens is 2. The van der Waals surface area contributed by atoms with Crippen LogP contribution in [0.15, 0.2) is 66.7 Å². The molecule has 0 unspecified atom stereocenters. The van der Waals surface area contributed by atoms with Gasteiger partial charge in [-0.3, -0.25) is 19.6 Å². The number of rotatable bonds is 5. The molecule has 0 saturated carbocycles. The maximum absolute atomic E-state index is 13.2. The Morgan fingerprint density at radius 3 is 2.44 bits per heavy atom. The van der Waals surface area contributed by atoms with Crippen molar-refractivity contribution in [2.24, 2.45) is 0 Å². The Morgan fingerprint density at radius 2 is 1.71 bits per heavy atom. The summed E-state index contributed by atoms with van der Waals surface area (Å²) in [4.78, 5) is 29.5. The molecular weight excluding hydrogens is 431 g/mol. The molecule has 1 aliphatic heterocycles. The third-order valence-corrected chi connectivity index (χ3v) is 6.41. The van der Waals surface area contributed by atoms with Crippen molar-refractivity contribution in [2.75, 3.05) is 32.7 Å². The summed E-state index contributed by atoms with van der Waals surface area (Å²) in [5, 5.41) is 8.14. The number of piperazine rings is 1. The van der Waals surface area contributed by atoms with Gasteiger partial charge in [-0.15, -0.1) is 0 Å². The van der Waals surface area contributed by atoms with E-state index < -0.39 is 0 Å². The number of hydrogen-bond donors (Lipinski definition) is 1. The van der Waals surface area contributed by atoms with E-state index in [4.69, 9.17) is 0 Å². The lowest BCUT2D eigenvalue weighted by Crippen LogP contribution is -2.50. The van der Waals surface area contributed by atoms with Crippen LogP contribution in [0.2, 0.25) is 0 Å². The highest BCUT2D eigenvalue weighted by atomic mass is 19.1. The van der Waals surface area contributed by atoms with Gasteiger partial charge in [0.25, 0.3) is 5.91 Å². The topological polar surface area (TPSA) is 69.3 Å². The molecule has 1 N–H and O–H groups in total. The number of fused-ring (bicyclic) bond motifs is 1. The Kier molecular flexibility index (Phi) is 5.94. The lowest BCUT2D eigenvalue weighted by molar-refractivity contribution is 0.0621. The summed E-state index contributed by atoms with van der Waals surface area (Å²) < 4.78 is 13.1. The number of aryl methyl sites for hydroxylation is 1. The van der Waals surface area contributed by atoms with Gasteiger partial charge in [-0.05, 0) is 60.0 Å². The zero-order valence-electron chi connectivity index (χ0n) is 18.9. The molecule has 4 aromatic rings. The van der Waals surface area contributed by atoms with Crippen LogP contribution < -0.4 is 0 Å². The minimum atomic E-state index is -0.360. The minimum Gasteiger partial charge on any atom is -0.335 e. The molecule has 5 rings (SSSR count). The molecule has 0 atom stereocenters. The van der Waals surface area contributed by atoms with E-state index in [2.05, 4.69) is 29.3 Å². The first-order valence-corrected chi connectivity index (χ1v) is 11.3. The summed E-state index contributed by atoms with van der Waals surface area (Å²) >= 11 is 0. The molecule has 172 valence electrons. The molecule has 1 fully saturated rings. The van der Waals surface area contributed by atoms with Crippen LogP contribution in [0.1, 0.15) is 26.4 Å². The van der Waals surface area contributed by atoms with Gasteiger partial charge in [0.2, 0.25) is 0 Å². The Balaban J connectivity index is 1.25. The molecule has 6 nitrogen and oxygen atoms in total. The van der Waals surface area contributed by atoms with Gasteiger partial charge < -0.3 is 4.90 Å². The molecule has 0 bridgehead atoms. The summed E-state index contributed by atoms with van der Waals surface area (Å²) in [7, 11) is 0. The second kappa shape index (κ2) is 9.19. The standard InChI is InChI=1S/C27H25FN4O2/c1-18-4-2-3-5-22(18)20-8-11-23-24(16-20)29-30-26(23)27(34)32-14-12-31(13-15-32)17-25(33)19-6-9-21(28)10-7-19/h2-11,16H,12-15,17H2,1H3,(H,29,30). The van der Waals surface area contributed by atoms with Crippen LogP contribution in [0.25, 0.3) is 22.0 Å². The van der Waals surface area contributed by atoms with Crippen LogP contribution in [-0.2, 0) is 0 Å². The van der Waals surface area contributed by atoms with Crippen molar-refractivity contribution < 1.29 is 14.0 Å². The predicted molar refractivity (Wildman–Crippen MR) is 129 cm³/mol. The number of Topliss-reactive ketones (excluding diaryl/α,β-unsaturated/α-hetero) is 1. The SMILES string of the molecule is Cc1ccccc1-c1ccc2c(C(=O)N3CCN(CC(=O)c4ccc(F)cc4)CC3)n[nH]c2c1. The van der Waals surface area contributed by atoms with Crippen molar-refractivity contribution in [1.29, 1.82) is 0 Å². The van der Waals surface area contributed by atoms with Crippen molar-refractivity contribution in [1.82, 2.24) is 20.0 Å². The fourth-order valence-corrected chi connectivity index (χ4v) is 4.44. The van der Waals surface area contributed by atoms with E-state index in [0.29, 0.717) is 37.4 Å². The van der Waals surface area contributed by atoms with Gasteiger partial charge >= 0.3 is 0 Å². The summed E-state index contributed by atoms with van der Waals surface area (Å²) in [6.07, 6.45) is 0. The molecule has 0 radical (unpaired) electrons. The first kappa shape index (κ1) is 22.0. The molecule has 1 aliphatic rings. The molecule has 34 heavy (non-hydrogen) atoms. The molecule has 2 heterocycles. The maximum Gasteiger partial charge on any atom is 0.275 e. The fraction of sp³-hybridized carbons (Fsp3) is 0.222. The number of amides is 1. The van der Waals surface area contributed by atoms with Crippen molar-refractivity contribution in [3.05, 3.63) is 89.4 Å². The highest BCUT2D eigenvalue weighted by molar-refractivity contribution is 6.05. The first-order chi connectivity index (χ1) is 16.5. The average molecular weight is 457 g/mol. The lowest BCUT2D eigenvalue weighted by atomic mass is 9.99. The van der Waals surface area contributed by atoms with Gasteiger partial charge in [0.15, 0.2) is 11.5 Å². The average Bonchev–Trinajstić information content (AvgIpc) is 3.28. The van der Waals surface area contributed by atoms with Crippen LogP contribution in [0.5, 0.6) is 0 Å². The summed E-state index contributed by atoms with van der Waals surface area (Å²) in [6.45, 7) is 4.56. The van der Waals surface area contributed by atoms with Crippen molar-refractivity contribution >= 4 is 22.6 Å². The number of carbonyl (C=O) groups is 2. The number of ketones is 1. The third kappa shape index (κ3) is 4.34. The monoisotopic (exact) mass is 456 g/mol. The number of hydrogen-bond acceptors (Lipinski definition) is 4. The van der Waals surface area contributed by atoms with Crippen molar-refractivity contribution in [3.8, 4) is 11.1 Å². The second-order valence-electron chi connectivity index (χ2n) is 8.65. The van der Waals surface area contributed by atoms with E-state index in [1.54, 1.807) is 4.90 Å². The number of carbonyl (C=O) groups excluding carboxylic acids is 2. The predicted octanol–water partition coefficient (Wildman–Crippen LogP) is 4.32. The van der Waals surface area contributed by atoms with Crippen LogP contribution in [0, 0.1) is 12.7 Å². The smallest absolute Gasteiger partial charge is 0.275 e. The van der Waals surface area contributed by atoms with E-state index in [0.717, 1.165) is 22.0 Å². The van der Waals surface area contributed by atoms with Gasteiger partial charge in [0.05, 0.1) is 12.1 Å².